The van der Waals surface area contributed by atoms with Crippen molar-refractivity contribution in [3.05, 3.63) is 41.0 Å². The van der Waals surface area contributed by atoms with Crippen LogP contribution in [0.1, 0.15) is 36.8 Å². The Hall–Kier alpha value is -1.57. The summed E-state index contributed by atoms with van der Waals surface area (Å²) in [7, 11) is 0. The molecule has 0 unspecified atom stereocenters. The van der Waals surface area contributed by atoms with Gasteiger partial charge < -0.3 is 5.11 Å². The molecule has 0 saturated heterocycles. The van der Waals surface area contributed by atoms with E-state index in [0.717, 1.165) is 42.4 Å². The smallest absolute Gasteiger partial charge is 0.336 e. The second-order valence-corrected chi connectivity index (χ2v) is 4.31. The van der Waals surface area contributed by atoms with Crippen LogP contribution in [0.5, 0.6) is 0 Å². The highest BCUT2D eigenvalue weighted by Gasteiger charge is 2.20. The van der Waals surface area contributed by atoms with Gasteiger partial charge in [-0.3, -0.25) is 0 Å². The van der Waals surface area contributed by atoms with Gasteiger partial charge in [-0.05, 0) is 43.7 Å². The van der Waals surface area contributed by atoms with Crippen LogP contribution in [0, 0.1) is 6.92 Å². The maximum absolute atomic E-state index is 11.4. The van der Waals surface area contributed by atoms with Crippen molar-refractivity contribution in [2.24, 2.45) is 0 Å². The molecule has 84 valence electrons. The molecule has 0 radical (unpaired) electrons. The second-order valence-electron chi connectivity index (χ2n) is 4.31. The van der Waals surface area contributed by atoms with Crippen LogP contribution < -0.4 is 0 Å². The number of benzene rings is 1. The molecule has 16 heavy (non-hydrogen) atoms. The molecule has 0 spiro atoms. The first-order chi connectivity index (χ1) is 7.70. The predicted octanol–water partition coefficient (Wildman–Crippen LogP) is 3.41. The fourth-order valence-corrected chi connectivity index (χ4v) is 2.36. The molecule has 1 aliphatic rings. The molecule has 2 heteroatoms. The molecule has 0 atom stereocenters. The highest BCUT2D eigenvalue weighted by molar-refractivity contribution is 6.16. The van der Waals surface area contributed by atoms with E-state index >= 15 is 0 Å². The molecule has 0 heterocycles. The van der Waals surface area contributed by atoms with Gasteiger partial charge in [-0.15, -0.1) is 0 Å². The summed E-state index contributed by atoms with van der Waals surface area (Å²) in [6, 6.07) is 7.72. The van der Waals surface area contributed by atoms with Gasteiger partial charge in [0.2, 0.25) is 0 Å². The molecule has 0 aromatic heterocycles. The predicted molar refractivity (Wildman–Crippen MR) is 64.2 cm³/mol. The molecule has 2 nitrogen and oxygen atoms in total. The van der Waals surface area contributed by atoms with Crippen LogP contribution >= 0.6 is 0 Å². The molecule has 1 N–H and O–H groups in total. The van der Waals surface area contributed by atoms with Crippen LogP contribution in [0.4, 0.5) is 0 Å². The molecule has 0 bridgehead atoms. The lowest BCUT2D eigenvalue weighted by Crippen LogP contribution is -2.04. The van der Waals surface area contributed by atoms with Gasteiger partial charge in [0.1, 0.15) is 0 Å². The number of aryl methyl sites for hydroxylation is 1. The lowest BCUT2D eigenvalue weighted by Gasteiger charge is -2.09. The van der Waals surface area contributed by atoms with Crippen molar-refractivity contribution < 1.29 is 9.90 Å². The van der Waals surface area contributed by atoms with E-state index in [2.05, 4.69) is 0 Å². The van der Waals surface area contributed by atoms with Crippen molar-refractivity contribution in [1.82, 2.24) is 0 Å². The Morgan fingerprint density at radius 3 is 2.38 bits per heavy atom. The lowest BCUT2D eigenvalue weighted by atomic mass is 9.95. The van der Waals surface area contributed by atoms with Crippen LogP contribution in [-0.4, -0.2) is 11.1 Å². The van der Waals surface area contributed by atoms with E-state index in [-0.39, 0.29) is 0 Å². The van der Waals surface area contributed by atoms with Crippen LogP contribution in [0.2, 0.25) is 0 Å². The molecular formula is C14H16O2. The fraction of sp³-hybridized carbons (Fsp3) is 0.357. The highest BCUT2D eigenvalue weighted by Crippen LogP contribution is 2.33. The summed E-state index contributed by atoms with van der Waals surface area (Å²) in [5.74, 6) is -0.786. The summed E-state index contributed by atoms with van der Waals surface area (Å²) >= 11 is 0. The van der Waals surface area contributed by atoms with Crippen LogP contribution in [0.25, 0.3) is 5.57 Å². The van der Waals surface area contributed by atoms with Crippen molar-refractivity contribution in [1.29, 1.82) is 0 Å². The summed E-state index contributed by atoms with van der Waals surface area (Å²) in [5.41, 5.74) is 3.57. The number of allylic oxidation sites excluding steroid dienone is 1. The Balaban J connectivity index is 2.53. The Kier molecular flexibility index (Phi) is 3.09. The topological polar surface area (TPSA) is 37.3 Å². The monoisotopic (exact) mass is 216 g/mol. The average molecular weight is 216 g/mol. The number of carboxylic acid groups (broad SMARTS) is 1. The minimum atomic E-state index is -0.786. The summed E-state index contributed by atoms with van der Waals surface area (Å²) in [6.45, 7) is 1.97. The molecule has 1 fully saturated rings. The third-order valence-corrected chi connectivity index (χ3v) is 3.19. The summed E-state index contributed by atoms with van der Waals surface area (Å²) in [4.78, 5) is 11.4. The maximum atomic E-state index is 11.4. The van der Waals surface area contributed by atoms with E-state index < -0.39 is 5.97 Å². The van der Waals surface area contributed by atoms with E-state index in [4.69, 9.17) is 0 Å². The first kappa shape index (κ1) is 10.9. The summed E-state index contributed by atoms with van der Waals surface area (Å²) in [6.07, 6.45) is 4.13. The molecule has 1 aliphatic carbocycles. The Bertz CT molecular complexity index is 436. The Labute approximate surface area is 95.6 Å². The van der Waals surface area contributed by atoms with E-state index in [0.29, 0.717) is 5.57 Å². The quantitative estimate of drug-likeness (QED) is 0.769. The second kappa shape index (κ2) is 4.52. The van der Waals surface area contributed by atoms with Crippen molar-refractivity contribution in [3.8, 4) is 0 Å². The van der Waals surface area contributed by atoms with Crippen molar-refractivity contribution >= 4 is 11.5 Å². The zero-order valence-corrected chi connectivity index (χ0v) is 9.49. The zero-order chi connectivity index (χ0) is 11.5. The van der Waals surface area contributed by atoms with E-state index in [9.17, 15) is 9.90 Å². The maximum Gasteiger partial charge on any atom is 0.336 e. The third-order valence-electron chi connectivity index (χ3n) is 3.19. The molecular weight excluding hydrogens is 200 g/mol. The van der Waals surface area contributed by atoms with Gasteiger partial charge in [-0.1, -0.05) is 29.8 Å². The standard InChI is InChI=1S/C14H16O2/c1-10-6-2-5-9-12(10)13(14(15)16)11-7-3-4-8-11/h2,5-6,9H,3-4,7-8H2,1H3,(H,15,16). The molecule has 0 aliphatic heterocycles. The largest absolute Gasteiger partial charge is 0.478 e. The van der Waals surface area contributed by atoms with Gasteiger partial charge >= 0.3 is 5.97 Å². The third kappa shape index (κ3) is 2.01. The Morgan fingerprint density at radius 2 is 1.81 bits per heavy atom. The molecule has 2 rings (SSSR count). The molecule has 0 amide bonds. The minimum Gasteiger partial charge on any atom is -0.478 e. The van der Waals surface area contributed by atoms with Crippen LogP contribution in [0.3, 0.4) is 0 Å². The summed E-state index contributed by atoms with van der Waals surface area (Å²) in [5, 5.41) is 9.35. The van der Waals surface area contributed by atoms with Gasteiger partial charge in [0.25, 0.3) is 0 Å². The highest BCUT2D eigenvalue weighted by atomic mass is 16.4. The van der Waals surface area contributed by atoms with Crippen LogP contribution in [-0.2, 0) is 4.79 Å². The summed E-state index contributed by atoms with van der Waals surface area (Å²) < 4.78 is 0. The van der Waals surface area contributed by atoms with Crippen molar-refractivity contribution in [2.75, 3.05) is 0 Å². The van der Waals surface area contributed by atoms with Crippen molar-refractivity contribution in [2.45, 2.75) is 32.6 Å². The van der Waals surface area contributed by atoms with Gasteiger partial charge in [-0.2, -0.15) is 0 Å². The number of aliphatic carboxylic acids is 1. The fourth-order valence-electron chi connectivity index (χ4n) is 2.36. The van der Waals surface area contributed by atoms with E-state index in [1.54, 1.807) is 0 Å². The molecule has 1 aromatic rings. The van der Waals surface area contributed by atoms with Crippen LogP contribution in [0.15, 0.2) is 29.8 Å². The Morgan fingerprint density at radius 1 is 1.19 bits per heavy atom. The first-order valence-corrected chi connectivity index (χ1v) is 5.71. The van der Waals surface area contributed by atoms with Gasteiger partial charge in [-0.25, -0.2) is 4.79 Å². The molecule has 1 saturated carbocycles. The first-order valence-electron chi connectivity index (χ1n) is 5.71. The van der Waals surface area contributed by atoms with Gasteiger partial charge in [0.05, 0.1) is 5.57 Å². The van der Waals surface area contributed by atoms with Gasteiger partial charge in [0.15, 0.2) is 0 Å². The number of hydrogen-bond acceptors (Lipinski definition) is 1. The van der Waals surface area contributed by atoms with E-state index in [1.165, 1.54) is 0 Å². The van der Waals surface area contributed by atoms with Crippen molar-refractivity contribution in [3.63, 3.8) is 0 Å². The number of rotatable bonds is 2. The van der Waals surface area contributed by atoms with Gasteiger partial charge in [0, 0.05) is 0 Å². The van der Waals surface area contributed by atoms with E-state index in [1.807, 2.05) is 31.2 Å². The number of carboxylic acids is 1. The molecule has 1 aromatic carbocycles. The zero-order valence-electron chi connectivity index (χ0n) is 9.49. The number of hydrogen-bond donors (Lipinski definition) is 1. The number of carbonyl (C=O) groups is 1. The lowest BCUT2D eigenvalue weighted by molar-refractivity contribution is -0.130. The minimum absolute atomic E-state index is 0.538. The normalized spacial score (nSPS) is 15.2. The SMILES string of the molecule is Cc1ccccc1C(C(=O)O)=C1CCCC1. The average Bonchev–Trinajstić information content (AvgIpc) is 2.74.